The number of carbonyl (C=O) groups is 1. The molecule has 1 amide bonds. The Labute approximate surface area is 224 Å². The number of nitrogens with zero attached hydrogens (tertiary/aromatic N) is 4. The van der Waals surface area contributed by atoms with Crippen molar-refractivity contribution in [1.29, 1.82) is 0 Å². The van der Waals surface area contributed by atoms with Crippen molar-refractivity contribution in [3.8, 4) is 28.6 Å². The van der Waals surface area contributed by atoms with Crippen molar-refractivity contribution in [2.24, 2.45) is 0 Å². The molecular formula is C27H25ClN6O4. The third-order valence-corrected chi connectivity index (χ3v) is 6.36. The Morgan fingerprint density at radius 2 is 1.74 bits per heavy atom. The van der Waals surface area contributed by atoms with Gasteiger partial charge in [0.05, 0.1) is 26.9 Å². The highest BCUT2D eigenvalue weighted by molar-refractivity contribution is 6.30. The molecule has 1 aliphatic heterocycles. The summed E-state index contributed by atoms with van der Waals surface area (Å²) in [6, 6.07) is 15.6. The maximum atomic E-state index is 13.6. The lowest BCUT2D eigenvalue weighted by Crippen LogP contribution is -2.31. The van der Waals surface area contributed by atoms with Crippen LogP contribution in [0.4, 0.5) is 11.8 Å². The van der Waals surface area contributed by atoms with E-state index in [2.05, 4.69) is 15.6 Å². The first-order chi connectivity index (χ1) is 18.4. The highest BCUT2D eigenvalue weighted by atomic mass is 35.5. The smallest absolute Gasteiger partial charge is 0.257 e. The molecule has 194 valence electrons. The van der Waals surface area contributed by atoms with Gasteiger partial charge in [0.25, 0.3) is 5.91 Å². The number of rotatable bonds is 7. The molecule has 1 aliphatic rings. The van der Waals surface area contributed by atoms with E-state index in [0.717, 1.165) is 5.56 Å². The molecule has 0 spiro atoms. The van der Waals surface area contributed by atoms with Crippen molar-refractivity contribution in [2.75, 3.05) is 32.0 Å². The van der Waals surface area contributed by atoms with Crippen LogP contribution in [0.2, 0.25) is 5.02 Å². The molecule has 5 rings (SSSR count). The van der Waals surface area contributed by atoms with Crippen LogP contribution in [0.1, 0.15) is 18.5 Å². The first-order valence-corrected chi connectivity index (χ1v) is 12.0. The number of hydrogen-bond acceptors (Lipinski definition) is 8. The lowest BCUT2D eigenvalue weighted by molar-refractivity contribution is -0.113. The van der Waals surface area contributed by atoms with Gasteiger partial charge in [-0.3, -0.25) is 4.79 Å². The summed E-state index contributed by atoms with van der Waals surface area (Å²) in [6.07, 6.45) is 1.62. The standard InChI is InChI=1S/C27H25ClN6O4/c1-15-22(26(35)31-21-7-5-6-12-29-21)23(16-8-10-18(28)11-9-16)34-27(30-15)32-25(33-34)17-13-19(36-2)24(38-4)20(14-17)37-3/h5-14,23H,1-4H3,(H,29,31,35)(H,30,32,33)/t23-/m1/s1. The van der Waals surface area contributed by atoms with Crippen LogP contribution in [0.5, 0.6) is 17.2 Å². The number of anilines is 2. The predicted octanol–water partition coefficient (Wildman–Crippen LogP) is 4.95. The third-order valence-electron chi connectivity index (χ3n) is 6.11. The number of amides is 1. The Morgan fingerprint density at radius 1 is 1.03 bits per heavy atom. The largest absolute Gasteiger partial charge is 0.493 e. The van der Waals surface area contributed by atoms with Crippen molar-refractivity contribution < 1.29 is 19.0 Å². The SMILES string of the molecule is COc1cc(-c2nc3n(n2)[C@H](c2ccc(Cl)cc2)C(C(=O)Nc2ccccn2)=C(C)N3)cc(OC)c1OC. The van der Waals surface area contributed by atoms with Gasteiger partial charge in [-0.05, 0) is 48.9 Å². The second-order valence-corrected chi connectivity index (χ2v) is 8.84. The van der Waals surface area contributed by atoms with Crippen LogP contribution in [0.3, 0.4) is 0 Å². The fraction of sp³-hybridized carbons (Fsp3) is 0.185. The molecular weight excluding hydrogens is 508 g/mol. The minimum absolute atomic E-state index is 0.316. The molecule has 0 fully saturated rings. The number of methoxy groups -OCH3 is 3. The highest BCUT2D eigenvalue weighted by Gasteiger charge is 2.35. The molecule has 0 aliphatic carbocycles. The first kappa shape index (κ1) is 25.1. The second-order valence-electron chi connectivity index (χ2n) is 8.40. The summed E-state index contributed by atoms with van der Waals surface area (Å²) >= 11 is 6.17. The van der Waals surface area contributed by atoms with Crippen molar-refractivity contribution in [1.82, 2.24) is 19.7 Å². The third kappa shape index (κ3) is 4.61. The van der Waals surface area contributed by atoms with E-state index in [1.165, 1.54) is 0 Å². The normalized spacial score (nSPS) is 14.4. The van der Waals surface area contributed by atoms with Crippen LogP contribution in [0.15, 0.2) is 72.1 Å². The van der Waals surface area contributed by atoms with E-state index < -0.39 is 6.04 Å². The molecule has 10 nitrogen and oxygen atoms in total. The number of nitrogens with one attached hydrogen (secondary N) is 2. The van der Waals surface area contributed by atoms with Crippen molar-refractivity contribution in [3.63, 3.8) is 0 Å². The van der Waals surface area contributed by atoms with Gasteiger partial charge in [0, 0.05) is 22.5 Å². The summed E-state index contributed by atoms with van der Waals surface area (Å²) < 4.78 is 18.1. The molecule has 3 heterocycles. The summed E-state index contributed by atoms with van der Waals surface area (Å²) in [5.41, 5.74) is 2.56. The summed E-state index contributed by atoms with van der Waals surface area (Å²) in [7, 11) is 4.63. The molecule has 0 saturated carbocycles. The number of benzene rings is 2. The zero-order valence-electron chi connectivity index (χ0n) is 21.2. The summed E-state index contributed by atoms with van der Waals surface area (Å²) in [5, 5.41) is 11.5. The number of pyridine rings is 1. The van der Waals surface area contributed by atoms with Gasteiger partial charge in [-0.15, -0.1) is 5.10 Å². The maximum Gasteiger partial charge on any atom is 0.257 e. The van der Waals surface area contributed by atoms with Gasteiger partial charge in [-0.1, -0.05) is 29.8 Å². The molecule has 2 aromatic carbocycles. The molecule has 4 aromatic rings. The van der Waals surface area contributed by atoms with E-state index in [-0.39, 0.29) is 5.91 Å². The highest BCUT2D eigenvalue weighted by Crippen LogP contribution is 2.42. The zero-order valence-corrected chi connectivity index (χ0v) is 21.9. The van der Waals surface area contributed by atoms with E-state index in [9.17, 15) is 4.79 Å². The minimum Gasteiger partial charge on any atom is -0.493 e. The van der Waals surface area contributed by atoms with Crippen LogP contribution in [-0.4, -0.2) is 47.0 Å². The van der Waals surface area contributed by atoms with Crippen LogP contribution in [-0.2, 0) is 4.79 Å². The Balaban J connectivity index is 1.62. The Hall–Kier alpha value is -4.57. The lowest BCUT2D eigenvalue weighted by atomic mass is 9.95. The molecule has 0 unspecified atom stereocenters. The summed E-state index contributed by atoms with van der Waals surface area (Å²) in [5.74, 6) is 2.42. The maximum absolute atomic E-state index is 13.6. The summed E-state index contributed by atoms with van der Waals surface area (Å²) in [4.78, 5) is 22.5. The van der Waals surface area contributed by atoms with Gasteiger partial charge in [-0.25, -0.2) is 9.67 Å². The molecule has 2 N–H and O–H groups in total. The molecule has 1 atom stereocenters. The molecule has 0 bridgehead atoms. The van der Waals surface area contributed by atoms with E-state index in [1.54, 1.807) is 74.7 Å². The number of aromatic nitrogens is 4. The monoisotopic (exact) mass is 532 g/mol. The van der Waals surface area contributed by atoms with Gasteiger partial charge in [0.15, 0.2) is 17.3 Å². The predicted molar refractivity (Wildman–Crippen MR) is 144 cm³/mol. The van der Waals surface area contributed by atoms with E-state index in [0.29, 0.717) is 56.7 Å². The molecule has 0 saturated heterocycles. The number of ether oxygens (including phenoxy) is 3. The van der Waals surface area contributed by atoms with Gasteiger partial charge in [0.1, 0.15) is 11.9 Å². The van der Waals surface area contributed by atoms with Crippen molar-refractivity contribution in [2.45, 2.75) is 13.0 Å². The summed E-state index contributed by atoms with van der Waals surface area (Å²) in [6.45, 7) is 1.83. The van der Waals surface area contributed by atoms with E-state index in [1.807, 2.05) is 19.1 Å². The van der Waals surface area contributed by atoms with Crippen molar-refractivity contribution >= 4 is 29.3 Å². The number of hydrogen-bond donors (Lipinski definition) is 2. The average Bonchev–Trinajstić information content (AvgIpc) is 3.36. The Bertz CT molecular complexity index is 1490. The Morgan fingerprint density at radius 3 is 2.34 bits per heavy atom. The number of carbonyl (C=O) groups excluding carboxylic acids is 1. The van der Waals surface area contributed by atoms with Gasteiger partial charge in [-0.2, -0.15) is 4.98 Å². The molecule has 38 heavy (non-hydrogen) atoms. The van der Waals surface area contributed by atoms with Gasteiger partial charge in [0.2, 0.25) is 11.7 Å². The van der Waals surface area contributed by atoms with E-state index >= 15 is 0 Å². The van der Waals surface area contributed by atoms with E-state index in [4.69, 9.17) is 35.9 Å². The zero-order chi connectivity index (χ0) is 26.8. The number of allylic oxidation sites excluding steroid dienone is 1. The minimum atomic E-state index is -0.587. The molecule has 11 heteroatoms. The van der Waals surface area contributed by atoms with Gasteiger partial charge < -0.3 is 24.8 Å². The van der Waals surface area contributed by atoms with Gasteiger partial charge >= 0.3 is 0 Å². The number of fused-ring (bicyclic) bond motifs is 1. The average molecular weight is 533 g/mol. The fourth-order valence-electron chi connectivity index (χ4n) is 4.35. The van der Waals surface area contributed by atoms with Crippen LogP contribution < -0.4 is 24.8 Å². The molecule has 2 aromatic heterocycles. The topological polar surface area (TPSA) is 112 Å². The number of halogens is 1. The Kier molecular flexibility index (Phi) is 6.89. The quantitative estimate of drug-likeness (QED) is 0.344. The second kappa shape index (κ2) is 10.4. The fourth-order valence-corrected chi connectivity index (χ4v) is 4.48. The van der Waals surface area contributed by atoms with Crippen LogP contribution in [0.25, 0.3) is 11.4 Å². The molecule has 0 radical (unpaired) electrons. The first-order valence-electron chi connectivity index (χ1n) is 11.7. The van der Waals surface area contributed by atoms with Crippen molar-refractivity contribution in [3.05, 3.63) is 82.7 Å². The lowest BCUT2D eigenvalue weighted by Gasteiger charge is -2.28. The van der Waals surface area contributed by atoms with Crippen LogP contribution >= 0.6 is 11.6 Å². The van der Waals surface area contributed by atoms with Crippen LogP contribution in [0, 0.1) is 0 Å².